The number of methoxy groups -OCH3 is 1. The second-order valence-electron chi connectivity index (χ2n) is 6.41. The Bertz CT molecular complexity index is 792. The van der Waals surface area contributed by atoms with Gasteiger partial charge in [-0.1, -0.05) is 36.4 Å². The monoisotopic (exact) mass is 366 g/mol. The van der Waals surface area contributed by atoms with E-state index in [4.69, 9.17) is 15.5 Å². The Morgan fingerprint density at radius 3 is 2.63 bits per heavy atom. The van der Waals surface area contributed by atoms with Gasteiger partial charge in [-0.15, -0.1) is 0 Å². The van der Waals surface area contributed by atoms with Gasteiger partial charge in [-0.25, -0.2) is 0 Å². The number of hydrogen-bond acceptors (Lipinski definition) is 4. The number of ether oxygens (including phenoxy) is 1. The lowest BCUT2D eigenvalue weighted by atomic mass is 9.97. The first-order valence-electron chi connectivity index (χ1n) is 9.26. The molecule has 2 aromatic carbocycles. The van der Waals surface area contributed by atoms with Crippen molar-refractivity contribution in [2.75, 3.05) is 30.4 Å². The maximum atomic E-state index is 12.1. The first kappa shape index (κ1) is 18.9. The molecule has 0 bridgehead atoms. The summed E-state index contributed by atoms with van der Waals surface area (Å²) in [4.78, 5) is 19.0. The molecule has 1 heterocycles. The fraction of sp³-hybridized carbons (Fsp3) is 0.333. The molecule has 0 aromatic heterocycles. The molecule has 0 amide bonds. The molecule has 6 heteroatoms. The number of aliphatic imine (C=N–C) groups is 1. The molecule has 1 aliphatic rings. The van der Waals surface area contributed by atoms with Crippen LogP contribution in [0.3, 0.4) is 0 Å². The molecule has 3 rings (SSSR count). The van der Waals surface area contributed by atoms with Gasteiger partial charge in [0.1, 0.15) is 0 Å². The highest BCUT2D eigenvalue weighted by Crippen LogP contribution is 2.38. The number of rotatable bonds is 7. The fourth-order valence-corrected chi connectivity index (χ4v) is 3.26. The maximum Gasteiger partial charge on any atom is 0.307 e. The Hall–Kier alpha value is -2.86. The van der Waals surface area contributed by atoms with Gasteiger partial charge in [0.2, 0.25) is 5.96 Å². The van der Waals surface area contributed by atoms with E-state index in [2.05, 4.69) is 10.2 Å². The molecule has 0 spiro atoms. The summed E-state index contributed by atoms with van der Waals surface area (Å²) in [6.45, 7) is 1.34. The van der Waals surface area contributed by atoms with Crippen molar-refractivity contribution in [3.63, 3.8) is 0 Å². The first-order chi connectivity index (χ1) is 13.2. The van der Waals surface area contributed by atoms with E-state index in [0.29, 0.717) is 13.1 Å². The molecular weight excluding hydrogens is 340 g/mol. The van der Waals surface area contributed by atoms with Crippen molar-refractivity contribution in [3.05, 3.63) is 60.2 Å². The standard InChI is InChI=1S/C21H26N4O2/c1-27-20(26)15-19-17-11-5-6-12-18(17)24-21(23-14-8-7-13-22)25(19)16-9-3-2-4-10-16/h2-6,9-12,19H,7-8,13-15,22H2,1H3,(H,23,24). The van der Waals surface area contributed by atoms with Crippen LogP contribution < -0.4 is 16.0 Å². The molecule has 0 saturated carbocycles. The average Bonchev–Trinajstić information content (AvgIpc) is 2.71. The van der Waals surface area contributed by atoms with Gasteiger partial charge in [0.15, 0.2) is 0 Å². The highest BCUT2D eigenvalue weighted by molar-refractivity contribution is 6.09. The third-order valence-corrected chi connectivity index (χ3v) is 4.60. The SMILES string of the molecule is COC(=O)CC1c2ccccc2NC(=NCCCCN)N1c1ccccc1. The van der Waals surface area contributed by atoms with Crippen molar-refractivity contribution in [2.45, 2.75) is 25.3 Å². The molecule has 142 valence electrons. The molecule has 0 fully saturated rings. The van der Waals surface area contributed by atoms with E-state index in [0.717, 1.165) is 35.7 Å². The number of nitrogens with one attached hydrogen (secondary N) is 1. The molecule has 0 aliphatic carbocycles. The number of para-hydroxylation sites is 2. The van der Waals surface area contributed by atoms with Crippen LogP contribution in [-0.2, 0) is 9.53 Å². The van der Waals surface area contributed by atoms with Crippen molar-refractivity contribution < 1.29 is 9.53 Å². The van der Waals surface area contributed by atoms with Crippen LogP contribution in [0.2, 0.25) is 0 Å². The van der Waals surface area contributed by atoms with E-state index in [-0.39, 0.29) is 18.4 Å². The summed E-state index contributed by atoms with van der Waals surface area (Å²) < 4.78 is 4.96. The lowest BCUT2D eigenvalue weighted by molar-refractivity contribution is -0.141. The van der Waals surface area contributed by atoms with Crippen LogP contribution in [0.5, 0.6) is 0 Å². The number of fused-ring (bicyclic) bond motifs is 1. The van der Waals surface area contributed by atoms with E-state index < -0.39 is 0 Å². The molecule has 1 atom stereocenters. The van der Waals surface area contributed by atoms with Crippen molar-refractivity contribution in [1.82, 2.24) is 0 Å². The minimum Gasteiger partial charge on any atom is -0.469 e. The summed E-state index contributed by atoms with van der Waals surface area (Å²) in [5.74, 6) is 0.492. The number of hydrogen-bond donors (Lipinski definition) is 2. The number of carbonyl (C=O) groups is 1. The van der Waals surface area contributed by atoms with E-state index in [1.165, 1.54) is 7.11 Å². The zero-order valence-corrected chi connectivity index (χ0v) is 15.6. The lowest BCUT2D eigenvalue weighted by Gasteiger charge is -2.39. The largest absolute Gasteiger partial charge is 0.469 e. The average molecular weight is 366 g/mol. The summed E-state index contributed by atoms with van der Waals surface area (Å²) in [6.07, 6.45) is 2.10. The summed E-state index contributed by atoms with van der Waals surface area (Å²) >= 11 is 0. The van der Waals surface area contributed by atoms with Gasteiger partial charge >= 0.3 is 5.97 Å². The Balaban J connectivity index is 2.03. The molecular formula is C21H26N4O2. The van der Waals surface area contributed by atoms with Crippen molar-refractivity contribution >= 4 is 23.3 Å². The number of benzene rings is 2. The predicted octanol–water partition coefficient (Wildman–Crippen LogP) is 3.32. The zero-order chi connectivity index (χ0) is 19.1. The number of unbranched alkanes of at least 4 members (excludes halogenated alkanes) is 1. The number of anilines is 2. The normalized spacial score (nSPS) is 17.3. The van der Waals surface area contributed by atoms with Gasteiger partial charge in [-0.2, -0.15) is 0 Å². The third-order valence-electron chi connectivity index (χ3n) is 4.60. The summed E-state index contributed by atoms with van der Waals surface area (Å²) in [7, 11) is 1.42. The minimum atomic E-state index is -0.250. The highest BCUT2D eigenvalue weighted by atomic mass is 16.5. The summed E-state index contributed by atoms with van der Waals surface area (Å²) in [5, 5.41) is 3.44. The van der Waals surface area contributed by atoms with E-state index in [1.807, 2.05) is 54.6 Å². The lowest BCUT2D eigenvalue weighted by Crippen LogP contribution is -2.44. The molecule has 2 aromatic rings. The minimum absolute atomic E-state index is 0.189. The first-order valence-corrected chi connectivity index (χ1v) is 9.26. The van der Waals surface area contributed by atoms with Gasteiger partial charge in [-0.3, -0.25) is 9.79 Å². The van der Waals surface area contributed by atoms with E-state index in [9.17, 15) is 4.79 Å². The van der Waals surface area contributed by atoms with Crippen LogP contribution >= 0.6 is 0 Å². The highest BCUT2D eigenvalue weighted by Gasteiger charge is 2.33. The molecule has 3 N–H and O–H groups in total. The smallest absolute Gasteiger partial charge is 0.307 e. The van der Waals surface area contributed by atoms with Crippen LogP contribution in [0.1, 0.15) is 30.9 Å². The molecule has 1 unspecified atom stereocenters. The number of nitrogens with two attached hydrogens (primary N) is 1. The third kappa shape index (κ3) is 4.46. The van der Waals surface area contributed by atoms with Gasteiger partial charge in [0.25, 0.3) is 0 Å². The van der Waals surface area contributed by atoms with Gasteiger partial charge < -0.3 is 20.7 Å². The summed E-state index contributed by atoms with van der Waals surface area (Å²) in [5.41, 5.74) is 8.59. The fourth-order valence-electron chi connectivity index (χ4n) is 3.26. The molecule has 0 saturated heterocycles. The predicted molar refractivity (Wildman–Crippen MR) is 109 cm³/mol. The number of nitrogens with zero attached hydrogens (tertiary/aromatic N) is 2. The van der Waals surface area contributed by atoms with Crippen LogP contribution in [0.4, 0.5) is 11.4 Å². The number of carbonyl (C=O) groups excluding carboxylic acids is 1. The molecule has 6 nitrogen and oxygen atoms in total. The van der Waals surface area contributed by atoms with Crippen molar-refractivity contribution in [3.8, 4) is 0 Å². The second kappa shape index (κ2) is 9.19. The van der Waals surface area contributed by atoms with Gasteiger partial charge in [0, 0.05) is 17.9 Å². The Morgan fingerprint density at radius 1 is 1.15 bits per heavy atom. The van der Waals surface area contributed by atoms with Gasteiger partial charge in [0.05, 0.1) is 19.6 Å². The second-order valence-corrected chi connectivity index (χ2v) is 6.41. The van der Waals surface area contributed by atoms with E-state index >= 15 is 0 Å². The van der Waals surface area contributed by atoms with Crippen LogP contribution in [-0.4, -0.2) is 32.1 Å². The van der Waals surface area contributed by atoms with Crippen LogP contribution in [0.25, 0.3) is 0 Å². The number of guanidine groups is 1. The number of esters is 1. The van der Waals surface area contributed by atoms with Crippen LogP contribution in [0.15, 0.2) is 59.6 Å². The van der Waals surface area contributed by atoms with Crippen molar-refractivity contribution in [1.29, 1.82) is 0 Å². The molecule has 0 radical (unpaired) electrons. The maximum absolute atomic E-state index is 12.1. The van der Waals surface area contributed by atoms with E-state index in [1.54, 1.807) is 0 Å². The summed E-state index contributed by atoms with van der Waals surface area (Å²) in [6, 6.07) is 17.8. The Kier molecular flexibility index (Phi) is 6.44. The Morgan fingerprint density at radius 2 is 1.89 bits per heavy atom. The van der Waals surface area contributed by atoms with Crippen LogP contribution in [0, 0.1) is 0 Å². The topological polar surface area (TPSA) is 79.9 Å². The zero-order valence-electron chi connectivity index (χ0n) is 15.6. The van der Waals surface area contributed by atoms with Crippen molar-refractivity contribution in [2.24, 2.45) is 10.7 Å². The molecule has 27 heavy (non-hydrogen) atoms. The Labute approximate surface area is 160 Å². The van der Waals surface area contributed by atoms with Gasteiger partial charge in [-0.05, 0) is 43.1 Å². The molecule has 1 aliphatic heterocycles. The quantitative estimate of drug-likeness (QED) is 0.580.